The van der Waals surface area contributed by atoms with E-state index >= 15 is 0 Å². The summed E-state index contributed by atoms with van der Waals surface area (Å²) in [5, 5.41) is 46.8. The Labute approximate surface area is 535 Å². The van der Waals surface area contributed by atoms with Crippen LogP contribution in [0.1, 0.15) is 184 Å². The molecule has 1 aliphatic heterocycles. The summed E-state index contributed by atoms with van der Waals surface area (Å²) in [6, 6.07) is 43.8. The molecule has 90 heavy (non-hydrogen) atoms. The summed E-state index contributed by atoms with van der Waals surface area (Å²) in [4.78, 5) is 30.8. The predicted molar refractivity (Wildman–Crippen MR) is 356 cm³/mol. The van der Waals surface area contributed by atoms with Crippen LogP contribution >= 0.6 is 0 Å². The molecule has 6 aromatic rings. The first-order chi connectivity index (χ1) is 44.5. The van der Waals surface area contributed by atoms with Gasteiger partial charge in [0.25, 0.3) is 0 Å². The molecule has 0 saturated heterocycles. The van der Waals surface area contributed by atoms with Crippen molar-refractivity contribution in [2.24, 2.45) is 0 Å². The maximum absolute atomic E-state index is 5.14. The standard InChI is InChI=1S/C72H102N18/c1-13-49-37-73-61-25-7-27-63(61)75-39-51-15-2-17-53(86-51)41-77-65-29-9-31-67(65)79-43-55-19-4-21-57(88-55)45-81-69-33-11-35-71(69)83-47-59-23-6-24-60(90-59)48-84-72-36-12-34-70(72)82-46-58-22-5-20-56(89-58)44-80-68-32-10-30-66(68)78-42-54-18-3-16-52(87-54)40-76-64-28-8-26-62(64)74-38-50(14-1)85-49/h1-6,13-24,61-84H,7-12,25-48H2/t61-,62+,63-,64+,65+,66-,67+,68-,69-,70+,71-,72+. The fourth-order valence-corrected chi connectivity index (χ4v) is 15.9. The predicted octanol–water partition coefficient (Wildman–Crippen LogP) is 7.17. The van der Waals surface area contributed by atoms with E-state index < -0.39 is 0 Å². The van der Waals surface area contributed by atoms with Gasteiger partial charge in [-0.3, -0.25) is 29.9 Å². The zero-order chi connectivity index (χ0) is 60.5. The first-order valence-electron chi connectivity index (χ1n) is 35.0. The lowest BCUT2D eigenvalue weighted by Crippen LogP contribution is -2.44. The molecule has 6 fully saturated rings. The van der Waals surface area contributed by atoms with Gasteiger partial charge in [0, 0.05) is 151 Å². The highest BCUT2D eigenvalue weighted by molar-refractivity contribution is 5.18. The molecular weight excluding hydrogens is 1120 g/mol. The molecule has 6 saturated carbocycles. The average molecular weight is 1220 g/mol. The lowest BCUT2D eigenvalue weighted by Gasteiger charge is -2.24. The van der Waals surface area contributed by atoms with Gasteiger partial charge in [0.05, 0.1) is 68.3 Å². The van der Waals surface area contributed by atoms with E-state index in [1.165, 1.54) is 38.5 Å². The van der Waals surface area contributed by atoms with Crippen molar-refractivity contribution in [3.05, 3.63) is 178 Å². The van der Waals surface area contributed by atoms with Crippen LogP contribution in [-0.4, -0.2) is 102 Å². The summed E-state index contributed by atoms with van der Waals surface area (Å²) >= 11 is 0. The molecule has 18 nitrogen and oxygen atoms in total. The maximum Gasteiger partial charge on any atom is 0.0545 e. The van der Waals surface area contributed by atoms with Crippen molar-refractivity contribution in [3.63, 3.8) is 0 Å². The molecule has 6 aliphatic carbocycles. The molecule has 7 aliphatic rings. The van der Waals surface area contributed by atoms with E-state index in [0.29, 0.717) is 72.5 Å². The van der Waals surface area contributed by atoms with Crippen LogP contribution in [0.2, 0.25) is 0 Å². The van der Waals surface area contributed by atoms with Gasteiger partial charge in [0.1, 0.15) is 0 Å². The molecular formula is C72H102N18. The third-order valence-electron chi connectivity index (χ3n) is 20.8. The molecule has 0 amide bonds. The summed E-state index contributed by atoms with van der Waals surface area (Å²) in [6.07, 6.45) is 21.3. The molecule has 12 N–H and O–H groups in total. The van der Waals surface area contributed by atoms with Crippen LogP contribution in [0.15, 0.2) is 109 Å². The summed E-state index contributed by atoms with van der Waals surface area (Å²) in [6.45, 7) is 9.15. The minimum absolute atomic E-state index is 0.397. The first-order valence-corrected chi connectivity index (χ1v) is 35.0. The van der Waals surface area contributed by atoms with Crippen LogP contribution in [0.3, 0.4) is 0 Å². The van der Waals surface area contributed by atoms with Crippen molar-refractivity contribution in [1.29, 1.82) is 0 Å². The third-order valence-corrected chi connectivity index (χ3v) is 20.8. The van der Waals surface area contributed by atoms with Crippen molar-refractivity contribution in [2.75, 3.05) is 0 Å². The van der Waals surface area contributed by atoms with E-state index in [1.807, 2.05) is 0 Å². The molecule has 7 heterocycles. The van der Waals surface area contributed by atoms with Gasteiger partial charge in [-0.15, -0.1) is 0 Å². The molecule has 12 bridgehead atoms. The van der Waals surface area contributed by atoms with Crippen molar-refractivity contribution in [2.45, 2.75) is 267 Å². The van der Waals surface area contributed by atoms with Gasteiger partial charge in [-0.2, -0.15) is 0 Å². The van der Waals surface area contributed by atoms with E-state index in [4.69, 9.17) is 29.9 Å². The molecule has 12 atom stereocenters. The smallest absolute Gasteiger partial charge is 0.0545 e. The number of hydrogen-bond donors (Lipinski definition) is 12. The fourth-order valence-electron chi connectivity index (χ4n) is 15.9. The minimum Gasteiger partial charge on any atom is -0.307 e. The molecule has 0 spiro atoms. The number of fused-ring (bicyclic) bond motifs is 18. The maximum atomic E-state index is 5.14. The molecule has 6 aromatic heterocycles. The SMILES string of the molecule is c1cc2nc(c1)CN[C@@H]1CCC[C@H]1NCc1cccc(n1)CN[C@H]1CCC[C@@H]1NCc1cccc(n1)CN[C@@H]1CCC[C@H]1NCc1cccc(n1)CN[C@H]1CCC[C@@H]1NCc1cccc(n1)CN[C@@H]1CCC[C@H]1NCc1cccc(n1)CN[C@H]1CCC[C@@H]1NC2. The van der Waals surface area contributed by atoms with Crippen LogP contribution in [-0.2, 0) is 78.5 Å². The number of hydrogen-bond acceptors (Lipinski definition) is 18. The lowest BCUT2D eigenvalue weighted by atomic mass is 10.1. The minimum atomic E-state index is 0.397. The van der Waals surface area contributed by atoms with E-state index in [0.717, 1.165) is 224 Å². The Kier molecular flexibility index (Phi) is 22.7. The highest BCUT2D eigenvalue weighted by Gasteiger charge is 2.32. The Balaban J connectivity index is 0.627. The van der Waals surface area contributed by atoms with Crippen LogP contribution < -0.4 is 63.8 Å². The van der Waals surface area contributed by atoms with Crippen molar-refractivity contribution < 1.29 is 0 Å². The third kappa shape index (κ3) is 18.0. The fraction of sp³-hybridized carbons (Fsp3) is 0.583. The highest BCUT2D eigenvalue weighted by atomic mass is 15.1. The second-order valence-corrected chi connectivity index (χ2v) is 27.2. The molecule has 0 aromatic carbocycles. The second-order valence-electron chi connectivity index (χ2n) is 27.2. The zero-order valence-corrected chi connectivity index (χ0v) is 53.2. The Morgan fingerprint density at radius 2 is 0.267 bits per heavy atom. The molecule has 0 unspecified atom stereocenters. The molecule has 480 valence electrons. The van der Waals surface area contributed by atoms with Gasteiger partial charge < -0.3 is 63.8 Å². The van der Waals surface area contributed by atoms with Crippen molar-refractivity contribution in [1.82, 2.24) is 93.7 Å². The van der Waals surface area contributed by atoms with Gasteiger partial charge in [-0.1, -0.05) is 74.9 Å². The summed E-state index contributed by atoms with van der Waals surface area (Å²) in [5.74, 6) is 0. The number of nitrogens with one attached hydrogen (secondary N) is 12. The van der Waals surface area contributed by atoms with Crippen LogP contribution in [0.5, 0.6) is 0 Å². The second kappa shape index (κ2) is 32.3. The van der Waals surface area contributed by atoms with Crippen LogP contribution in [0, 0.1) is 0 Å². The first kappa shape index (κ1) is 63.2. The summed E-state index contributed by atoms with van der Waals surface area (Å²) < 4.78 is 0. The number of aromatic nitrogens is 6. The molecule has 13 rings (SSSR count). The topological polar surface area (TPSA) is 222 Å². The molecule has 0 radical (unpaired) electrons. The Hall–Kier alpha value is -5.58. The normalized spacial score (nSPS) is 30.1. The van der Waals surface area contributed by atoms with E-state index in [9.17, 15) is 0 Å². The Morgan fingerprint density at radius 1 is 0.167 bits per heavy atom. The van der Waals surface area contributed by atoms with Gasteiger partial charge in [0.15, 0.2) is 0 Å². The van der Waals surface area contributed by atoms with Crippen LogP contribution in [0.25, 0.3) is 0 Å². The summed E-state index contributed by atoms with van der Waals surface area (Å²) in [5.41, 5.74) is 13.2. The molecule has 18 heteroatoms. The number of nitrogens with zero attached hydrogens (tertiary/aromatic N) is 6. The largest absolute Gasteiger partial charge is 0.307 e. The van der Waals surface area contributed by atoms with Crippen molar-refractivity contribution >= 4 is 0 Å². The average Bonchev–Trinajstić information content (AvgIpc) is 4.08. The summed E-state index contributed by atoms with van der Waals surface area (Å²) in [7, 11) is 0. The quantitative estimate of drug-likeness (QED) is 0.0725. The van der Waals surface area contributed by atoms with E-state index in [-0.39, 0.29) is 0 Å². The Bertz CT molecular complexity index is 2470. The van der Waals surface area contributed by atoms with E-state index in [1.54, 1.807) is 0 Å². The van der Waals surface area contributed by atoms with Crippen LogP contribution in [0.4, 0.5) is 0 Å². The zero-order valence-electron chi connectivity index (χ0n) is 53.2. The van der Waals surface area contributed by atoms with E-state index in [2.05, 4.69) is 173 Å². The number of pyridine rings is 6. The van der Waals surface area contributed by atoms with Crippen molar-refractivity contribution in [3.8, 4) is 0 Å². The van der Waals surface area contributed by atoms with Gasteiger partial charge in [0.2, 0.25) is 0 Å². The van der Waals surface area contributed by atoms with Gasteiger partial charge >= 0.3 is 0 Å². The Morgan fingerprint density at radius 3 is 0.367 bits per heavy atom. The lowest BCUT2D eigenvalue weighted by molar-refractivity contribution is 0.396. The van der Waals surface area contributed by atoms with Gasteiger partial charge in [-0.25, -0.2) is 0 Å². The highest BCUT2D eigenvalue weighted by Crippen LogP contribution is 2.26. The van der Waals surface area contributed by atoms with Gasteiger partial charge in [-0.05, 0) is 150 Å². The number of rotatable bonds is 0. The monoisotopic (exact) mass is 1220 g/mol.